The first-order valence-electron chi connectivity index (χ1n) is 9.13. The monoisotopic (exact) mass is 406 g/mol. The Kier molecular flexibility index (Phi) is 7.60. The second-order valence-electron chi connectivity index (χ2n) is 7.03. The van der Waals surface area contributed by atoms with Gasteiger partial charge in [-0.15, -0.1) is 12.4 Å². The minimum absolute atomic E-state index is 0. The van der Waals surface area contributed by atoms with Crippen LogP contribution in [0.2, 0.25) is 0 Å². The lowest BCUT2D eigenvalue weighted by Crippen LogP contribution is -2.41. The van der Waals surface area contributed by atoms with E-state index in [0.29, 0.717) is 6.54 Å². The van der Waals surface area contributed by atoms with Gasteiger partial charge in [-0.1, -0.05) is 30.3 Å². The van der Waals surface area contributed by atoms with Crippen molar-refractivity contribution in [3.05, 3.63) is 53.9 Å². The molecule has 4 atom stereocenters. The average Bonchev–Trinajstić information content (AvgIpc) is 3.34. The van der Waals surface area contributed by atoms with E-state index in [1.807, 2.05) is 49.8 Å². The molecule has 0 bridgehead atoms. The van der Waals surface area contributed by atoms with Crippen molar-refractivity contribution in [1.29, 1.82) is 0 Å². The van der Waals surface area contributed by atoms with Crippen molar-refractivity contribution in [3.8, 4) is 0 Å². The van der Waals surface area contributed by atoms with Gasteiger partial charge in [-0.25, -0.2) is 0 Å². The summed E-state index contributed by atoms with van der Waals surface area (Å²) in [6.07, 6.45) is 3.76. The van der Waals surface area contributed by atoms with E-state index in [0.717, 1.165) is 17.7 Å². The highest BCUT2D eigenvalue weighted by atomic mass is 35.5. The number of ether oxygens (including phenoxy) is 1. The molecule has 1 amide bonds. The summed E-state index contributed by atoms with van der Waals surface area (Å²) >= 11 is 0. The van der Waals surface area contributed by atoms with Gasteiger partial charge in [0.25, 0.3) is 0 Å². The predicted molar refractivity (Wildman–Crippen MR) is 108 cm³/mol. The van der Waals surface area contributed by atoms with E-state index in [2.05, 4.69) is 15.7 Å². The fourth-order valence-electron chi connectivity index (χ4n) is 3.68. The van der Waals surface area contributed by atoms with Gasteiger partial charge in [0, 0.05) is 32.3 Å². The van der Waals surface area contributed by atoms with Crippen LogP contribution in [0.25, 0.3) is 0 Å². The molecule has 152 valence electrons. The smallest absolute Gasteiger partial charge is 0.310 e. The summed E-state index contributed by atoms with van der Waals surface area (Å²) in [5.41, 5.74) is 1.92. The quantitative estimate of drug-likeness (QED) is 0.714. The van der Waals surface area contributed by atoms with Crippen LogP contribution in [0.1, 0.15) is 30.0 Å². The molecule has 7 nitrogen and oxygen atoms in total. The number of aryl methyl sites for hydroxylation is 1. The maximum Gasteiger partial charge on any atom is 0.310 e. The molecule has 2 aromatic rings. The van der Waals surface area contributed by atoms with Gasteiger partial charge in [0.05, 0.1) is 31.2 Å². The number of methoxy groups -OCH3 is 1. The number of halogens is 1. The maximum atomic E-state index is 13.1. The third-order valence-corrected chi connectivity index (χ3v) is 5.23. The summed E-state index contributed by atoms with van der Waals surface area (Å²) in [4.78, 5) is 25.2. The zero-order chi connectivity index (χ0) is 19.4. The molecule has 8 heteroatoms. The molecule has 0 spiro atoms. The first-order chi connectivity index (χ1) is 13.0. The number of carbonyl (C=O) groups is 2. The highest BCUT2D eigenvalue weighted by Crippen LogP contribution is 2.30. The predicted octanol–water partition coefficient (Wildman–Crippen LogP) is 1.81. The van der Waals surface area contributed by atoms with Crippen LogP contribution in [-0.2, 0) is 21.4 Å². The molecule has 2 heterocycles. The number of benzene rings is 1. The van der Waals surface area contributed by atoms with E-state index in [4.69, 9.17) is 4.74 Å². The molecule has 0 aliphatic carbocycles. The molecule has 1 aromatic heterocycles. The summed E-state index contributed by atoms with van der Waals surface area (Å²) in [6.45, 7) is 3.10. The van der Waals surface area contributed by atoms with Gasteiger partial charge < -0.3 is 15.4 Å². The van der Waals surface area contributed by atoms with Crippen LogP contribution in [0.3, 0.4) is 0 Å². The molecule has 0 saturated carbocycles. The molecule has 1 aliphatic heterocycles. The number of amides is 1. The Balaban J connectivity index is 0.00000280. The number of carbonyl (C=O) groups excluding carboxylic acids is 2. The van der Waals surface area contributed by atoms with Gasteiger partial charge in [-0.2, -0.15) is 5.10 Å². The number of rotatable bonds is 6. The van der Waals surface area contributed by atoms with E-state index in [9.17, 15) is 9.59 Å². The number of esters is 1. The van der Waals surface area contributed by atoms with E-state index in [1.54, 1.807) is 11.6 Å². The third kappa shape index (κ3) is 4.72. The van der Waals surface area contributed by atoms with Crippen LogP contribution in [0.5, 0.6) is 0 Å². The maximum absolute atomic E-state index is 13.1. The topological polar surface area (TPSA) is 85.2 Å². The number of nitrogens with one attached hydrogen (secondary N) is 2. The lowest BCUT2D eigenvalue weighted by molar-refractivity contribution is -0.146. The average molecular weight is 407 g/mol. The van der Waals surface area contributed by atoms with E-state index in [1.165, 1.54) is 7.11 Å². The zero-order valence-electron chi connectivity index (χ0n) is 16.3. The molecule has 28 heavy (non-hydrogen) atoms. The molecule has 0 radical (unpaired) electrons. The Morgan fingerprint density at radius 2 is 2.00 bits per heavy atom. The fraction of sp³-hybridized carbons (Fsp3) is 0.450. The molecule has 2 unspecified atom stereocenters. The molecule has 1 aromatic carbocycles. The van der Waals surface area contributed by atoms with Crippen LogP contribution in [0.4, 0.5) is 0 Å². The molecular weight excluding hydrogens is 380 g/mol. The summed E-state index contributed by atoms with van der Waals surface area (Å²) < 4.78 is 6.65. The van der Waals surface area contributed by atoms with Gasteiger partial charge in [0.2, 0.25) is 5.91 Å². The minimum Gasteiger partial charge on any atom is -0.469 e. The van der Waals surface area contributed by atoms with Crippen molar-refractivity contribution in [2.45, 2.75) is 18.9 Å². The summed E-state index contributed by atoms with van der Waals surface area (Å²) in [6, 6.07) is 9.08. The Morgan fingerprint density at radius 1 is 1.29 bits per heavy atom. The largest absolute Gasteiger partial charge is 0.469 e. The van der Waals surface area contributed by atoms with Gasteiger partial charge >= 0.3 is 5.97 Å². The van der Waals surface area contributed by atoms with Gasteiger partial charge in [0.15, 0.2) is 0 Å². The van der Waals surface area contributed by atoms with E-state index in [-0.39, 0.29) is 36.1 Å². The standard InChI is InChI=1S/C20H26N4O3.ClH/c1-13(20(26)27-3)18(14-7-5-4-6-8-14)23-19(25)17-11-21-10-16(17)15-9-22-24(2)12-15;/h4-9,12-13,16-18,21H,10-11H2,1-3H3,(H,23,25);1H/t13?,16-,17+,18?;/m1./s1. The van der Waals surface area contributed by atoms with Gasteiger partial charge in [-0.05, 0) is 18.1 Å². The zero-order valence-corrected chi connectivity index (χ0v) is 17.1. The van der Waals surface area contributed by atoms with Crippen LogP contribution < -0.4 is 10.6 Å². The SMILES string of the molecule is COC(=O)C(C)C(NC(=O)[C@H]1CNC[C@@H]1c1cnn(C)c1)c1ccccc1.Cl. The van der Waals surface area contributed by atoms with Crippen molar-refractivity contribution >= 4 is 24.3 Å². The highest BCUT2D eigenvalue weighted by Gasteiger charge is 2.37. The normalized spacial score (nSPS) is 20.7. The van der Waals surface area contributed by atoms with Crippen LogP contribution in [-0.4, -0.2) is 41.9 Å². The van der Waals surface area contributed by atoms with Gasteiger partial charge in [-0.3, -0.25) is 14.3 Å². The van der Waals surface area contributed by atoms with Crippen molar-refractivity contribution in [1.82, 2.24) is 20.4 Å². The first kappa shape index (κ1) is 21.9. The third-order valence-electron chi connectivity index (χ3n) is 5.23. The molecule has 1 aliphatic rings. The fourth-order valence-corrected chi connectivity index (χ4v) is 3.68. The second-order valence-corrected chi connectivity index (χ2v) is 7.03. The Morgan fingerprint density at radius 3 is 2.61 bits per heavy atom. The Labute approximate surface area is 171 Å². The van der Waals surface area contributed by atoms with Crippen molar-refractivity contribution < 1.29 is 14.3 Å². The number of nitrogens with zero attached hydrogens (tertiary/aromatic N) is 2. The second kappa shape index (κ2) is 9.71. The molecule has 2 N–H and O–H groups in total. The number of hydrogen-bond acceptors (Lipinski definition) is 5. The number of hydrogen-bond donors (Lipinski definition) is 2. The highest BCUT2D eigenvalue weighted by molar-refractivity contribution is 5.85. The minimum atomic E-state index is -0.493. The van der Waals surface area contributed by atoms with Crippen LogP contribution in [0, 0.1) is 11.8 Å². The molecule has 3 rings (SSSR count). The lowest BCUT2D eigenvalue weighted by atomic mass is 9.88. The Hall–Kier alpha value is -2.38. The lowest BCUT2D eigenvalue weighted by Gasteiger charge is -2.26. The first-order valence-corrected chi connectivity index (χ1v) is 9.13. The molecule has 1 saturated heterocycles. The van der Waals surface area contributed by atoms with Crippen molar-refractivity contribution in [3.63, 3.8) is 0 Å². The number of aromatic nitrogens is 2. The summed E-state index contributed by atoms with van der Waals surface area (Å²) in [5.74, 6) is -1.07. The van der Waals surface area contributed by atoms with Gasteiger partial charge in [0.1, 0.15) is 0 Å². The Bertz CT molecular complexity index is 796. The van der Waals surface area contributed by atoms with Crippen LogP contribution >= 0.6 is 12.4 Å². The van der Waals surface area contributed by atoms with Crippen LogP contribution in [0.15, 0.2) is 42.7 Å². The van der Waals surface area contributed by atoms with E-state index >= 15 is 0 Å². The molecule has 1 fully saturated rings. The van der Waals surface area contributed by atoms with Crippen molar-refractivity contribution in [2.75, 3.05) is 20.2 Å². The summed E-state index contributed by atoms with van der Waals surface area (Å²) in [7, 11) is 3.23. The van der Waals surface area contributed by atoms with E-state index < -0.39 is 12.0 Å². The summed E-state index contributed by atoms with van der Waals surface area (Å²) in [5, 5.41) is 10.6. The molecular formula is C20H27ClN4O3. The van der Waals surface area contributed by atoms with Crippen molar-refractivity contribution in [2.24, 2.45) is 18.9 Å².